The van der Waals surface area contributed by atoms with Gasteiger partial charge >= 0.3 is 12.1 Å². The van der Waals surface area contributed by atoms with Gasteiger partial charge in [0.2, 0.25) is 12.1 Å². The van der Waals surface area contributed by atoms with Gasteiger partial charge < -0.3 is 18.9 Å². The second kappa shape index (κ2) is 13.6. The van der Waals surface area contributed by atoms with Crippen molar-refractivity contribution in [3.8, 4) is 28.5 Å². The monoisotopic (exact) mass is 610 g/mol. The van der Waals surface area contributed by atoms with Crippen molar-refractivity contribution < 1.29 is 28.5 Å². The number of ether oxygens (including phenoxy) is 4. The van der Waals surface area contributed by atoms with E-state index in [0.29, 0.717) is 36.0 Å². The van der Waals surface area contributed by atoms with Gasteiger partial charge in [-0.05, 0) is 72.7 Å². The molecule has 1 unspecified atom stereocenters. The predicted octanol–water partition coefficient (Wildman–Crippen LogP) is 6.32. The van der Waals surface area contributed by atoms with Crippen molar-refractivity contribution in [2.45, 2.75) is 64.9 Å². The molecule has 3 aromatic carbocycles. The maximum absolute atomic E-state index is 13.5. The number of rotatable bonds is 10. The normalized spacial score (nSPS) is 14.2. The van der Waals surface area contributed by atoms with Crippen LogP contribution < -0.4 is 4.74 Å². The fraction of sp³-hybridized carbons (Fsp3) is 0.333. The molecular formula is C33H34N6O6. The number of benzene rings is 3. The zero-order valence-electron chi connectivity index (χ0n) is 25.1. The Balaban J connectivity index is 1.29. The van der Waals surface area contributed by atoms with Crippen LogP contribution in [0.15, 0.2) is 66.7 Å². The van der Waals surface area contributed by atoms with Crippen LogP contribution in [-0.4, -0.2) is 61.3 Å². The van der Waals surface area contributed by atoms with Crippen molar-refractivity contribution in [2.75, 3.05) is 6.61 Å². The Morgan fingerprint density at radius 1 is 0.978 bits per heavy atom. The van der Waals surface area contributed by atoms with Crippen molar-refractivity contribution in [2.24, 2.45) is 0 Å². The fourth-order valence-corrected chi connectivity index (χ4v) is 5.64. The highest BCUT2D eigenvalue weighted by molar-refractivity contribution is 6.02. The molecule has 2 aromatic heterocycles. The third-order valence-corrected chi connectivity index (χ3v) is 7.67. The second-order valence-electron chi connectivity index (χ2n) is 10.8. The first-order valence-corrected chi connectivity index (χ1v) is 15.1. The molecule has 232 valence electrons. The summed E-state index contributed by atoms with van der Waals surface area (Å²) in [5.41, 5.74) is 4.97. The van der Waals surface area contributed by atoms with Crippen molar-refractivity contribution >= 4 is 23.2 Å². The Hall–Kier alpha value is -5.26. The molecule has 12 nitrogen and oxygen atoms in total. The summed E-state index contributed by atoms with van der Waals surface area (Å²) in [6.45, 7) is 4.04. The van der Waals surface area contributed by atoms with Gasteiger partial charge in [-0.15, -0.1) is 10.2 Å². The van der Waals surface area contributed by atoms with E-state index < -0.39 is 18.4 Å². The minimum Gasteiger partial charge on any atom is -0.465 e. The summed E-state index contributed by atoms with van der Waals surface area (Å²) in [6, 6.07) is 21.5. The molecule has 0 spiro atoms. The van der Waals surface area contributed by atoms with E-state index in [1.165, 1.54) is 6.92 Å². The average Bonchev–Trinajstić information content (AvgIpc) is 3.71. The lowest BCUT2D eigenvalue weighted by Crippen LogP contribution is -2.26. The van der Waals surface area contributed by atoms with Crippen LogP contribution >= 0.6 is 0 Å². The number of tetrazole rings is 1. The number of imidazole rings is 1. The number of hydrogen-bond donors (Lipinski definition) is 1. The number of aromatic amines is 1. The SMILES string of the molecule is CCOc1nc2cccc(C(=O)OC(C)OC(=O)OC3CCCCC3)c2n1Cc1ccc(-c2ccccc2)c(-c2nn[nH]n2)c1. The molecule has 1 atom stereocenters. The number of carbonyl (C=O) groups excluding carboxylic acids is 2. The number of nitrogens with zero attached hydrogens (tertiary/aromatic N) is 5. The zero-order valence-corrected chi connectivity index (χ0v) is 25.1. The van der Waals surface area contributed by atoms with E-state index in [9.17, 15) is 9.59 Å². The van der Waals surface area contributed by atoms with E-state index >= 15 is 0 Å². The van der Waals surface area contributed by atoms with Crippen LogP contribution in [0.1, 0.15) is 61.9 Å². The number of fused-ring (bicyclic) bond motifs is 1. The molecule has 0 radical (unpaired) electrons. The highest BCUT2D eigenvalue weighted by Gasteiger charge is 2.25. The Morgan fingerprint density at radius 3 is 2.56 bits per heavy atom. The summed E-state index contributed by atoms with van der Waals surface area (Å²) in [4.78, 5) is 30.5. The standard InChI is InChI=1S/C33H34N6O6/c1-3-42-32-34-28-16-10-15-26(31(40)43-21(2)44-33(41)45-24-13-8-5-9-14-24)29(28)39(32)20-22-17-18-25(23-11-6-4-7-12-23)27(19-22)30-35-37-38-36-30/h4,6-7,10-12,15-19,21,24H,3,5,8-9,13-14,20H2,1-2H3,(H,35,36,37,38). The van der Waals surface area contributed by atoms with Gasteiger partial charge in [0.15, 0.2) is 0 Å². The van der Waals surface area contributed by atoms with E-state index in [4.69, 9.17) is 18.9 Å². The number of H-pyrrole nitrogens is 1. The number of esters is 1. The van der Waals surface area contributed by atoms with Gasteiger partial charge in [-0.1, -0.05) is 55.0 Å². The highest BCUT2D eigenvalue weighted by atomic mass is 16.8. The molecule has 0 saturated heterocycles. The fourth-order valence-electron chi connectivity index (χ4n) is 5.64. The van der Waals surface area contributed by atoms with Crippen molar-refractivity contribution in [1.82, 2.24) is 30.2 Å². The van der Waals surface area contributed by atoms with Crippen LogP contribution in [0.25, 0.3) is 33.5 Å². The average molecular weight is 611 g/mol. The number of aromatic nitrogens is 6. The van der Waals surface area contributed by atoms with Crippen molar-refractivity contribution in [1.29, 1.82) is 0 Å². The first-order chi connectivity index (χ1) is 22.0. The van der Waals surface area contributed by atoms with Crippen LogP contribution in [0, 0.1) is 0 Å². The zero-order chi connectivity index (χ0) is 31.2. The molecule has 1 saturated carbocycles. The van der Waals surface area contributed by atoms with Crippen LogP contribution in [0.5, 0.6) is 6.01 Å². The topological polar surface area (TPSA) is 143 Å². The molecular weight excluding hydrogens is 576 g/mol. The second-order valence-corrected chi connectivity index (χ2v) is 10.8. The van der Waals surface area contributed by atoms with Gasteiger partial charge in [-0.25, -0.2) is 9.59 Å². The molecule has 1 aliphatic rings. The quantitative estimate of drug-likeness (QED) is 0.141. The number of carbonyl (C=O) groups is 2. The summed E-state index contributed by atoms with van der Waals surface area (Å²) in [6.07, 6.45) is 2.60. The summed E-state index contributed by atoms with van der Waals surface area (Å²) >= 11 is 0. The first kappa shape index (κ1) is 29.8. The predicted molar refractivity (Wildman–Crippen MR) is 164 cm³/mol. The molecule has 6 rings (SSSR count). The molecule has 45 heavy (non-hydrogen) atoms. The van der Waals surface area contributed by atoms with Gasteiger partial charge in [-0.3, -0.25) is 4.57 Å². The third kappa shape index (κ3) is 6.79. The van der Waals surface area contributed by atoms with E-state index in [2.05, 4.69) is 25.6 Å². The van der Waals surface area contributed by atoms with E-state index in [1.54, 1.807) is 18.2 Å². The Labute approximate surface area is 259 Å². The van der Waals surface area contributed by atoms with Gasteiger partial charge in [-0.2, -0.15) is 10.2 Å². The first-order valence-electron chi connectivity index (χ1n) is 15.1. The largest absolute Gasteiger partial charge is 0.511 e. The van der Waals surface area contributed by atoms with Crippen molar-refractivity contribution in [3.05, 3.63) is 77.9 Å². The maximum Gasteiger partial charge on any atom is 0.511 e. The summed E-state index contributed by atoms with van der Waals surface area (Å²) in [7, 11) is 0. The molecule has 2 heterocycles. The van der Waals surface area contributed by atoms with Crippen LogP contribution in [0.2, 0.25) is 0 Å². The minimum atomic E-state index is -1.16. The van der Waals surface area contributed by atoms with Gasteiger partial charge in [0, 0.05) is 12.5 Å². The molecule has 0 amide bonds. The Kier molecular flexibility index (Phi) is 8.99. The van der Waals surface area contributed by atoms with Crippen LogP contribution in [0.3, 0.4) is 0 Å². The molecule has 0 aliphatic heterocycles. The summed E-state index contributed by atoms with van der Waals surface area (Å²) in [5, 5.41) is 14.7. The highest BCUT2D eigenvalue weighted by Crippen LogP contribution is 2.33. The molecule has 1 N–H and O–H groups in total. The van der Waals surface area contributed by atoms with Crippen molar-refractivity contribution in [3.63, 3.8) is 0 Å². The Morgan fingerprint density at radius 2 is 1.80 bits per heavy atom. The lowest BCUT2D eigenvalue weighted by Gasteiger charge is -2.22. The smallest absolute Gasteiger partial charge is 0.465 e. The molecule has 1 aliphatic carbocycles. The van der Waals surface area contributed by atoms with Gasteiger partial charge in [0.25, 0.3) is 6.01 Å². The third-order valence-electron chi connectivity index (χ3n) is 7.67. The minimum absolute atomic E-state index is 0.170. The molecule has 1 fully saturated rings. The van der Waals surface area contributed by atoms with E-state index in [1.807, 2.05) is 60.0 Å². The summed E-state index contributed by atoms with van der Waals surface area (Å²) in [5.74, 6) is -0.217. The van der Waals surface area contributed by atoms with E-state index in [-0.39, 0.29) is 11.7 Å². The lowest BCUT2D eigenvalue weighted by molar-refractivity contribution is -0.0914. The molecule has 12 heteroatoms. The van der Waals surface area contributed by atoms with Gasteiger partial charge in [0.1, 0.15) is 6.10 Å². The number of nitrogens with one attached hydrogen (secondary N) is 1. The Bertz CT molecular complexity index is 1770. The summed E-state index contributed by atoms with van der Waals surface area (Å²) < 4.78 is 23.9. The van der Waals surface area contributed by atoms with Crippen LogP contribution in [-0.2, 0) is 20.8 Å². The lowest BCUT2D eigenvalue weighted by atomic mass is 9.97. The molecule has 0 bridgehead atoms. The number of para-hydroxylation sites is 1. The maximum atomic E-state index is 13.5. The van der Waals surface area contributed by atoms with E-state index in [0.717, 1.165) is 54.4 Å². The molecule has 5 aromatic rings. The van der Waals surface area contributed by atoms with Gasteiger partial charge in [0.05, 0.1) is 29.7 Å². The number of hydrogen-bond acceptors (Lipinski definition) is 10. The van der Waals surface area contributed by atoms with Crippen LogP contribution in [0.4, 0.5) is 4.79 Å².